The first-order chi connectivity index (χ1) is 7.11. The highest BCUT2D eigenvalue weighted by molar-refractivity contribution is 5.95. The second-order valence-electron chi connectivity index (χ2n) is 3.71. The molecule has 1 amide bonds. The van der Waals surface area contributed by atoms with Crippen LogP contribution >= 0.6 is 0 Å². The van der Waals surface area contributed by atoms with Gasteiger partial charge in [-0.3, -0.25) is 9.59 Å². The Balaban J connectivity index is 2.70. The molecule has 0 bridgehead atoms. The maximum Gasteiger partial charge on any atom is 0.264 e. The van der Waals surface area contributed by atoms with Gasteiger partial charge in [-0.2, -0.15) is 0 Å². The van der Waals surface area contributed by atoms with E-state index in [1.165, 1.54) is 0 Å². The lowest BCUT2D eigenvalue weighted by atomic mass is 9.94. The van der Waals surface area contributed by atoms with Crippen LogP contribution in [0.25, 0.3) is 0 Å². The maximum atomic E-state index is 11.4. The Labute approximate surface area is 85.9 Å². The number of primary amides is 1. The Morgan fingerprint density at radius 2 is 2.00 bits per heavy atom. The third-order valence-electron chi connectivity index (χ3n) is 2.73. The molecule has 1 aliphatic carbocycles. The minimum absolute atomic E-state index is 0.235. The fraction of sp³-hybridized carbons (Fsp3) is 0.400. The van der Waals surface area contributed by atoms with Crippen LogP contribution in [0.1, 0.15) is 34.5 Å². The van der Waals surface area contributed by atoms with Crippen molar-refractivity contribution in [2.45, 2.75) is 25.7 Å². The van der Waals surface area contributed by atoms with E-state index in [-0.39, 0.29) is 11.3 Å². The molecule has 80 valence electrons. The lowest BCUT2D eigenvalue weighted by Crippen LogP contribution is -2.26. The van der Waals surface area contributed by atoms with E-state index >= 15 is 0 Å². The summed E-state index contributed by atoms with van der Waals surface area (Å²) in [5, 5.41) is 9.77. The van der Waals surface area contributed by atoms with Gasteiger partial charge >= 0.3 is 0 Å². The van der Waals surface area contributed by atoms with E-state index in [1.807, 2.05) is 0 Å². The molecule has 0 aromatic carbocycles. The fourth-order valence-corrected chi connectivity index (χ4v) is 1.99. The van der Waals surface area contributed by atoms with E-state index in [2.05, 4.69) is 4.98 Å². The molecule has 5 nitrogen and oxygen atoms in total. The van der Waals surface area contributed by atoms with Crippen molar-refractivity contribution in [2.24, 2.45) is 5.73 Å². The third-order valence-corrected chi connectivity index (χ3v) is 2.73. The van der Waals surface area contributed by atoms with Crippen LogP contribution in [0.4, 0.5) is 0 Å². The number of hydrogen-bond acceptors (Lipinski definition) is 3. The van der Waals surface area contributed by atoms with Gasteiger partial charge in [-0.05, 0) is 25.7 Å². The zero-order valence-electron chi connectivity index (χ0n) is 8.17. The highest BCUT2D eigenvalue weighted by atomic mass is 16.3. The molecule has 15 heavy (non-hydrogen) atoms. The molecule has 1 aromatic rings. The topological polar surface area (TPSA) is 96.2 Å². The van der Waals surface area contributed by atoms with Crippen molar-refractivity contribution in [1.29, 1.82) is 0 Å². The molecular weight excluding hydrogens is 196 g/mol. The molecule has 0 fully saturated rings. The average molecular weight is 208 g/mol. The molecule has 0 atom stereocenters. The SMILES string of the molecule is NC(=O)c1c(O)c2c([nH]c1=O)CCCC2. The summed E-state index contributed by atoms with van der Waals surface area (Å²) in [5.74, 6) is -1.12. The average Bonchev–Trinajstić information content (AvgIpc) is 2.17. The molecule has 2 rings (SSSR count). The van der Waals surface area contributed by atoms with E-state index in [9.17, 15) is 14.7 Å². The van der Waals surface area contributed by atoms with Crippen LogP contribution in [0, 0.1) is 0 Å². The van der Waals surface area contributed by atoms with E-state index in [1.54, 1.807) is 0 Å². The van der Waals surface area contributed by atoms with Crippen molar-refractivity contribution in [2.75, 3.05) is 0 Å². The molecular formula is C10H12N2O3. The molecule has 0 saturated carbocycles. The molecule has 1 aliphatic rings. The molecule has 0 radical (unpaired) electrons. The summed E-state index contributed by atoms with van der Waals surface area (Å²) in [6.45, 7) is 0. The second-order valence-corrected chi connectivity index (χ2v) is 3.71. The Kier molecular flexibility index (Phi) is 2.22. The van der Waals surface area contributed by atoms with Crippen molar-refractivity contribution in [1.82, 2.24) is 4.98 Å². The van der Waals surface area contributed by atoms with Crippen LogP contribution in [-0.2, 0) is 12.8 Å². The predicted octanol–water partition coefficient (Wildman–Crippen LogP) is 0.0582. The first-order valence-electron chi connectivity index (χ1n) is 4.88. The number of carbonyl (C=O) groups is 1. The van der Waals surface area contributed by atoms with Crippen LogP contribution in [0.5, 0.6) is 5.75 Å². The van der Waals surface area contributed by atoms with Gasteiger partial charge in [-0.15, -0.1) is 0 Å². The smallest absolute Gasteiger partial charge is 0.264 e. The van der Waals surface area contributed by atoms with E-state index in [4.69, 9.17) is 5.73 Å². The molecule has 0 unspecified atom stereocenters. The maximum absolute atomic E-state index is 11.4. The van der Waals surface area contributed by atoms with Crippen LogP contribution in [-0.4, -0.2) is 16.0 Å². The first kappa shape index (κ1) is 9.76. The largest absolute Gasteiger partial charge is 0.507 e. The van der Waals surface area contributed by atoms with Gasteiger partial charge in [0.05, 0.1) is 0 Å². The first-order valence-corrected chi connectivity index (χ1v) is 4.88. The predicted molar refractivity (Wildman–Crippen MR) is 53.9 cm³/mol. The number of aromatic nitrogens is 1. The summed E-state index contributed by atoms with van der Waals surface area (Å²) in [6, 6.07) is 0. The van der Waals surface area contributed by atoms with Crippen LogP contribution in [0.2, 0.25) is 0 Å². The summed E-state index contributed by atoms with van der Waals surface area (Å²) in [5.41, 5.74) is 5.50. The van der Waals surface area contributed by atoms with Crippen LogP contribution in [0.3, 0.4) is 0 Å². The summed E-state index contributed by atoms with van der Waals surface area (Å²) in [4.78, 5) is 25.0. The van der Waals surface area contributed by atoms with Gasteiger partial charge in [-0.25, -0.2) is 0 Å². The number of carbonyl (C=O) groups excluding carboxylic acids is 1. The lowest BCUT2D eigenvalue weighted by Gasteiger charge is -2.17. The number of H-pyrrole nitrogens is 1. The highest BCUT2D eigenvalue weighted by Gasteiger charge is 2.22. The van der Waals surface area contributed by atoms with E-state index in [0.717, 1.165) is 25.0 Å². The number of rotatable bonds is 1. The van der Waals surface area contributed by atoms with Gasteiger partial charge in [0.2, 0.25) is 0 Å². The summed E-state index contributed by atoms with van der Waals surface area (Å²) >= 11 is 0. The Morgan fingerprint density at radius 1 is 1.33 bits per heavy atom. The zero-order chi connectivity index (χ0) is 11.0. The molecule has 0 spiro atoms. The monoisotopic (exact) mass is 208 g/mol. The number of aromatic hydroxyl groups is 1. The van der Waals surface area contributed by atoms with Crippen molar-refractivity contribution in [3.8, 4) is 5.75 Å². The number of hydrogen-bond donors (Lipinski definition) is 3. The standard InChI is InChI=1S/C10H12N2O3/c11-9(14)7-8(13)5-3-1-2-4-6(5)12-10(7)15/h1-4H2,(H2,11,14)(H2,12,13,15). The van der Waals surface area contributed by atoms with Crippen molar-refractivity contribution in [3.05, 3.63) is 27.2 Å². The number of amides is 1. The Bertz CT molecular complexity index is 476. The number of aromatic amines is 1. The number of fused-ring (bicyclic) bond motifs is 1. The number of nitrogens with two attached hydrogens (primary N) is 1. The van der Waals surface area contributed by atoms with Gasteiger partial charge in [0.1, 0.15) is 11.3 Å². The third kappa shape index (κ3) is 1.49. The normalized spacial score (nSPS) is 14.7. The summed E-state index contributed by atoms with van der Waals surface area (Å²) in [6.07, 6.45) is 3.35. The quantitative estimate of drug-likeness (QED) is 0.608. The molecule has 5 heteroatoms. The van der Waals surface area contributed by atoms with Crippen LogP contribution < -0.4 is 11.3 Å². The molecule has 4 N–H and O–H groups in total. The van der Waals surface area contributed by atoms with Crippen LogP contribution in [0.15, 0.2) is 4.79 Å². The number of nitrogens with one attached hydrogen (secondary N) is 1. The summed E-state index contributed by atoms with van der Waals surface area (Å²) in [7, 11) is 0. The minimum atomic E-state index is -0.887. The molecule has 1 heterocycles. The van der Waals surface area contributed by atoms with Gasteiger partial charge in [0.15, 0.2) is 0 Å². The summed E-state index contributed by atoms with van der Waals surface area (Å²) < 4.78 is 0. The highest BCUT2D eigenvalue weighted by Crippen LogP contribution is 2.28. The van der Waals surface area contributed by atoms with Crippen molar-refractivity contribution >= 4 is 5.91 Å². The second kappa shape index (κ2) is 3.42. The zero-order valence-corrected chi connectivity index (χ0v) is 8.17. The fourth-order valence-electron chi connectivity index (χ4n) is 1.99. The van der Waals surface area contributed by atoms with E-state index < -0.39 is 11.5 Å². The van der Waals surface area contributed by atoms with Gasteiger partial charge < -0.3 is 15.8 Å². The van der Waals surface area contributed by atoms with Crippen molar-refractivity contribution in [3.63, 3.8) is 0 Å². The Morgan fingerprint density at radius 3 is 2.67 bits per heavy atom. The molecule has 0 saturated heterocycles. The van der Waals surface area contributed by atoms with Gasteiger partial charge in [0.25, 0.3) is 11.5 Å². The number of aryl methyl sites for hydroxylation is 1. The number of pyridine rings is 1. The van der Waals surface area contributed by atoms with Gasteiger partial charge in [0, 0.05) is 11.3 Å². The Hall–Kier alpha value is -1.78. The van der Waals surface area contributed by atoms with Crippen molar-refractivity contribution < 1.29 is 9.90 Å². The van der Waals surface area contributed by atoms with E-state index in [0.29, 0.717) is 12.0 Å². The lowest BCUT2D eigenvalue weighted by molar-refractivity contribution is 0.0996. The molecule has 0 aliphatic heterocycles. The minimum Gasteiger partial charge on any atom is -0.507 e. The molecule has 1 aromatic heterocycles. The van der Waals surface area contributed by atoms with Gasteiger partial charge in [-0.1, -0.05) is 0 Å².